The van der Waals surface area contributed by atoms with Crippen LogP contribution < -0.4 is 10.1 Å². The van der Waals surface area contributed by atoms with Crippen molar-refractivity contribution in [3.63, 3.8) is 0 Å². The predicted molar refractivity (Wildman–Crippen MR) is 82.9 cm³/mol. The summed E-state index contributed by atoms with van der Waals surface area (Å²) in [5.41, 5.74) is 1.54. The molecule has 3 heteroatoms. The van der Waals surface area contributed by atoms with Crippen molar-refractivity contribution in [1.29, 1.82) is 0 Å². The van der Waals surface area contributed by atoms with E-state index >= 15 is 0 Å². The molecule has 1 aromatic rings. The van der Waals surface area contributed by atoms with Gasteiger partial charge in [0.1, 0.15) is 5.75 Å². The van der Waals surface area contributed by atoms with Crippen molar-refractivity contribution >= 4 is 0 Å². The molecule has 1 heterocycles. The molecular weight excluding hydrogens is 248 g/mol. The molecule has 0 bridgehead atoms. The SMILES string of the molecule is CC(C)NCc1cc(OC2CCC(C)(C)CC2)ccn1. The quantitative estimate of drug-likeness (QED) is 0.885. The highest BCUT2D eigenvalue weighted by Crippen LogP contribution is 2.36. The van der Waals surface area contributed by atoms with Crippen molar-refractivity contribution < 1.29 is 4.74 Å². The number of nitrogens with one attached hydrogen (secondary N) is 1. The van der Waals surface area contributed by atoms with Crippen LogP contribution >= 0.6 is 0 Å². The van der Waals surface area contributed by atoms with Crippen LogP contribution in [0.3, 0.4) is 0 Å². The van der Waals surface area contributed by atoms with Crippen LogP contribution in [0.25, 0.3) is 0 Å². The third-order valence-corrected chi connectivity index (χ3v) is 4.07. The summed E-state index contributed by atoms with van der Waals surface area (Å²) in [6.07, 6.45) is 7.05. The van der Waals surface area contributed by atoms with Crippen LogP contribution in [0.15, 0.2) is 18.3 Å². The summed E-state index contributed by atoms with van der Waals surface area (Å²) >= 11 is 0. The van der Waals surface area contributed by atoms with E-state index in [0.29, 0.717) is 17.6 Å². The minimum atomic E-state index is 0.372. The molecule has 1 aliphatic rings. The standard InChI is InChI=1S/C17H28N2O/c1-13(2)19-12-14-11-16(7-10-18-14)20-15-5-8-17(3,4)9-6-15/h7,10-11,13,15,19H,5-6,8-9,12H2,1-4H3. The molecule has 0 atom stereocenters. The van der Waals surface area contributed by atoms with E-state index in [0.717, 1.165) is 30.8 Å². The summed E-state index contributed by atoms with van der Waals surface area (Å²) in [6.45, 7) is 9.79. The summed E-state index contributed by atoms with van der Waals surface area (Å²) in [4.78, 5) is 4.39. The molecule has 0 unspecified atom stereocenters. The van der Waals surface area contributed by atoms with Crippen molar-refractivity contribution in [3.8, 4) is 5.75 Å². The van der Waals surface area contributed by atoms with Gasteiger partial charge in [0.05, 0.1) is 11.8 Å². The molecular formula is C17H28N2O. The van der Waals surface area contributed by atoms with Crippen LogP contribution in [0.2, 0.25) is 0 Å². The van der Waals surface area contributed by atoms with Crippen LogP contribution in [0.1, 0.15) is 59.1 Å². The molecule has 1 aliphatic carbocycles. The fourth-order valence-corrected chi connectivity index (χ4v) is 2.62. The number of rotatable bonds is 5. The highest BCUT2D eigenvalue weighted by molar-refractivity contribution is 5.23. The molecule has 0 amide bonds. The molecule has 0 radical (unpaired) electrons. The fraction of sp³-hybridized carbons (Fsp3) is 0.706. The van der Waals surface area contributed by atoms with Crippen molar-refractivity contribution in [1.82, 2.24) is 10.3 Å². The van der Waals surface area contributed by atoms with Crippen LogP contribution in [-0.4, -0.2) is 17.1 Å². The highest BCUT2D eigenvalue weighted by atomic mass is 16.5. The van der Waals surface area contributed by atoms with Gasteiger partial charge in [-0.25, -0.2) is 0 Å². The number of ether oxygens (including phenoxy) is 1. The summed E-state index contributed by atoms with van der Waals surface area (Å²) in [5, 5.41) is 3.39. The Hall–Kier alpha value is -1.09. The topological polar surface area (TPSA) is 34.1 Å². The molecule has 1 saturated carbocycles. The van der Waals surface area contributed by atoms with Gasteiger partial charge in [-0.3, -0.25) is 4.98 Å². The average molecular weight is 276 g/mol. The van der Waals surface area contributed by atoms with E-state index in [4.69, 9.17) is 4.74 Å². The predicted octanol–water partition coefficient (Wildman–Crippen LogP) is 3.93. The van der Waals surface area contributed by atoms with E-state index in [1.165, 1.54) is 12.8 Å². The van der Waals surface area contributed by atoms with Gasteiger partial charge in [0.2, 0.25) is 0 Å². The molecule has 0 spiro atoms. The second-order valence-corrected chi connectivity index (χ2v) is 7.00. The maximum Gasteiger partial charge on any atom is 0.123 e. The number of nitrogens with zero attached hydrogens (tertiary/aromatic N) is 1. The molecule has 1 N–H and O–H groups in total. The van der Waals surface area contributed by atoms with Gasteiger partial charge < -0.3 is 10.1 Å². The first kappa shape index (κ1) is 15.3. The Kier molecular flexibility index (Phi) is 5.03. The van der Waals surface area contributed by atoms with E-state index in [1.54, 1.807) is 0 Å². The maximum atomic E-state index is 6.13. The third kappa shape index (κ3) is 4.78. The second-order valence-electron chi connectivity index (χ2n) is 7.00. The molecule has 1 fully saturated rings. The minimum Gasteiger partial charge on any atom is -0.490 e. The van der Waals surface area contributed by atoms with Gasteiger partial charge in [-0.15, -0.1) is 0 Å². The summed E-state index contributed by atoms with van der Waals surface area (Å²) < 4.78 is 6.13. The van der Waals surface area contributed by atoms with Gasteiger partial charge in [-0.1, -0.05) is 27.7 Å². The molecule has 3 nitrogen and oxygen atoms in total. The van der Waals surface area contributed by atoms with Gasteiger partial charge in [0, 0.05) is 24.8 Å². The van der Waals surface area contributed by atoms with Crippen molar-refractivity contribution in [2.45, 2.75) is 72.1 Å². The van der Waals surface area contributed by atoms with Gasteiger partial charge in [0.15, 0.2) is 0 Å². The van der Waals surface area contributed by atoms with Crippen LogP contribution in [0, 0.1) is 5.41 Å². The number of aromatic nitrogens is 1. The molecule has 2 rings (SSSR count). The van der Waals surface area contributed by atoms with E-state index in [-0.39, 0.29) is 0 Å². The molecule has 20 heavy (non-hydrogen) atoms. The van der Waals surface area contributed by atoms with Crippen molar-refractivity contribution in [3.05, 3.63) is 24.0 Å². The van der Waals surface area contributed by atoms with Gasteiger partial charge >= 0.3 is 0 Å². The number of hydrogen-bond donors (Lipinski definition) is 1. The normalized spacial score (nSPS) is 19.2. The zero-order valence-corrected chi connectivity index (χ0v) is 13.3. The first-order valence-corrected chi connectivity index (χ1v) is 7.80. The minimum absolute atomic E-state index is 0.372. The lowest BCUT2D eigenvalue weighted by Crippen LogP contribution is -2.28. The molecule has 1 aromatic heterocycles. The number of hydrogen-bond acceptors (Lipinski definition) is 3. The van der Waals surface area contributed by atoms with Gasteiger partial charge in [-0.05, 0) is 37.2 Å². The second kappa shape index (κ2) is 6.57. The van der Waals surface area contributed by atoms with E-state index in [9.17, 15) is 0 Å². The zero-order valence-electron chi connectivity index (χ0n) is 13.3. The van der Waals surface area contributed by atoms with Gasteiger partial charge in [0.25, 0.3) is 0 Å². The van der Waals surface area contributed by atoms with E-state index in [1.807, 2.05) is 12.3 Å². The summed E-state index contributed by atoms with van der Waals surface area (Å²) in [5.74, 6) is 0.963. The maximum absolute atomic E-state index is 6.13. The molecule has 112 valence electrons. The molecule has 0 aromatic carbocycles. The Morgan fingerprint density at radius 2 is 2.05 bits per heavy atom. The van der Waals surface area contributed by atoms with Crippen molar-refractivity contribution in [2.24, 2.45) is 5.41 Å². The Morgan fingerprint density at radius 1 is 1.35 bits per heavy atom. The first-order valence-electron chi connectivity index (χ1n) is 7.80. The third-order valence-electron chi connectivity index (χ3n) is 4.07. The largest absolute Gasteiger partial charge is 0.490 e. The van der Waals surface area contributed by atoms with Gasteiger partial charge in [-0.2, -0.15) is 0 Å². The Balaban J connectivity index is 1.88. The Bertz CT molecular complexity index is 419. The van der Waals surface area contributed by atoms with Crippen molar-refractivity contribution in [2.75, 3.05) is 0 Å². The average Bonchev–Trinajstić information content (AvgIpc) is 2.39. The van der Waals surface area contributed by atoms with E-state index < -0.39 is 0 Å². The smallest absolute Gasteiger partial charge is 0.123 e. The zero-order chi connectivity index (χ0) is 14.6. The van der Waals surface area contributed by atoms with Crippen LogP contribution in [0.5, 0.6) is 5.75 Å². The van der Waals surface area contributed by atoms with E-state index in [2.05, 4.69) is 44.1 Å². The summed E-state index contributed by atoms with van der Waals surface area (Å²) in [7, 11) is 0. The van der Waals surface area contributed by atoms with Crippen LogP contribution in [-0.2, 0) is 6.54 Å². The highest BCUT2D eigenvalue weighted by Gasteiger charge is 2.27. The lowest BCUT2D eigenvalue weighted by molar-refractivity contribution is 0.0986. The molecule has 0 saturated heterocycles. The fourth-order valence-electron chi connectivity index (χ4n) is 2.62. The van der Waals surface area contributed by atoms with Crippen LogP contribution in [0.4, 0.5) is 0 Å². The lowest BCUT2D eigenvalue weighted by atomic mass is 9.76. The number of pyridine rings is 1. The first-order chi connectivity index (χ1) is 9.44. The Morgan fingerprint density at radius 3 is 2.70 bits per heavy atom. The Labute approximate surface area is 123 Å². The lowest BCUT2D eigenvalue weighted by Gasteiger charge is -2.34. The summed E-state index contributed by atoms with van der Waals surface area (Å²) in [6, 6.07) is 4.51. The molecule has 0 aliphatic heterocycles. The monoisotopic (exact) mass is 276 g/mol.